The van der Waals surface area contributed by atoms with Crippen molar-refractivity contribution < 1.29 is 14.7 Å². The standard InChI is InChI=1S/C6H11N3O3/c1-2-3-4(5(10)11)8-9-6(7)12/h2-3H2,1H3,(H,10,11)(H3,7,9,12)/b8-4+. The fourth-order valence-corrected chi connectivity index (χ4v) is 0.570. The molecule has 0 bridgehead atoms. The Hall–Kier alpha value is -1.59. The van der Waals surface area contributed by atoms with Crippen LogP contribution in [-0.2, 0) is 4.79 Å². The molecule has 0 aliphatic carbocycles. The summed E-state index contributed by atoms with van der Waals surface area (Å²) in [5.74, 6) is -1.15. The molecule has 68 valence electrons. The average Bonchev–Trinajstić information content (AvgIpc) is 1.96. The van der Waals surface area contributed by atoms with E-state index in [9.17, 15) is 9.59 Å². The molecule has 0 aliphatic heterocycles. The van der Waals surface area contributed by atoms with Crippen LogP contribution in [0.25, 0.3) is 0 Å². The van der Waals surface area contributed by atoms with E-state index >= 15 is 0 Å². The van der Waals surface area contributed by atoms with Crippen LogP contribution in [0.15, 0.2) is 5.10 Å². The molecule has 0 aliphatic rings. The van der Waals surface area contributed by atoms with Crippen LogP contribution in [0.4, 0.5) is 4.79 Å². The number of carbonyl (C=O) groups excluding carboxylic acids is 1. The van der Waals surface area contributed by atoms with Crippen molar-refractivity contribution in [1.29, 1.82) is 0 Å². The highest BCUT2D eigenvalue weighted by Gasteiger charge is 2.07. The highest BCUT2D eigenvalue weighted by Crippen LogP contribution is 1.91. The van der Waals surface area contributed by atoms with Gasteiger partial charge in [0.05, 0.1) is 0 Å². The van der Waals surface area contributed by atoms with Gasteiger partial charge in [0.1, 0.15) is 5.71 Å². The minimum atomic E-state index is -1.15. The second kappa shape index (κ2) is 5.11. The first-order chi connectivity index (χ1) is 5.57. The largest absolute Gasteiger partial charge is 0.477 e. The smallest absolute Gasteiger partial charge is 0.352 e. The van der Waals surface area contributed by atoms with Crippen LogP contribution in [0, 0.1) is 0 Å². The van der Waals surface area contributed by atoms with Crippen molar-refractivity contribution in [2.45, 2.75) is 19.8 Å². The number of hydrogen-bond acceptors (Lipinski definition) is 3. The van der Waals surface area contributed by atoms with Crippen molar-refractivity contribution in [1.82, 2.24) is 5.43 Å². The number of urea groups is 1. The number of primary amides is 1. The van der Waals surface area contributed by atoms with Gasteiger partial charge in [-0.1, -0.05) is 13.3 Å². The number of hydrogen-bond donors (Lipinski definition) is 3. The number of nitrogens with two attached hydrogens (primary N) is 1. The van der Waals surface area contributed by atoms with E-state index in [0.717, 1.165) is 0 Å². The SMILES string of the molecule is CCC/C(=N\NC(N)=O)C(=O)O. The summed E-state index contributed by atoms with van der Waals surface area (Å²) in [6.45, 7) is 1.81. The lowest BCUT2D eigenvalue weighted by atomic mass is 10.2. The summed E-state index contributed by atoms with van der Waals surface area (Å²) in [5, 5.41) is 11.8. The summed E-state index contributed by atoms with van der Waals surface area (Å²) in [6, 6.07) is -0.871. The van der Waals surface area contributed by atoms with Gasteiger partial charge in [-0.25, -0.2) is 15.0 Å². The fourth-order valence-electron chi connectivity index (χ4n) is 0.570. The maximum absolute atomic E-state index is 10.4. The molecule has 2 amide bonds. The fraction of sp³-hybridized carbons (Fsp3) is 0.500. The molecule has 0 aromatic heterocycles. The second-order valence-electron chi connectivity index (χ2n) is 2.09. The summed E-state index contributed by atoms with van der Waals surface area (Å²) < 4.78 is 0. The van der Waals surface area contributed by atoms with Gasteiger partial charge in [-0.05, 0) is 6.42 Å². The van der Waals surface area contributed by atoms with Gasteiger partial charge in [0.15, 0.2) is 0 Å². The third-order valence-corrected chi connectivity index (χ3v) is 1.03. The van der Waals surface area contributed by atoms with Crippen LogP contribution < -0.4 is 11.2 Å². The Morgan fingerprint density at radius 3 is 2.50 bits per heavy atom. The van der Waals surface area contributed by atoms with Crippen molar-refractivity contribution in [3.8, 4) is 0 Å². The summed E-state index contributed by atoms with van der Waals surface area (Å²) in [5.41, 5.74) is 6.44. The Morgan fingerprint density at radius 2 is 2.17 bits per heavy atom. The van der Waals surface area contributed by atoms with Crippen molar-refractivity contribution in [3.05, 3.63) is 0 Å². The molecule has 0 heterocycles. The van der Waals surface area contributed by atoms with E-state index in [1.807, 2.05) is 12.3 Å². The number of carboxylic acids is 1. The summed E-state index contributed by atoms with van der Waals surface area (Å²) in [4.78, 5) is 20.5. The molecular formula is C6H11N3O3. The van der Waals surface area contributed by atoms with Crippen LogP contribution >= 0.6 is 0 Å². The van der Waals surface area contributed by atoms with Crippen molar-refractivity contribution >= 4 is 17.7 Å². The molecule has 0 unspecified atom stereocenters. The normalized spacial score (nSPS) is 10.9. The van der Waals surface area contributed by atoms with E-state index in [2.05, 4.69) is 10.8 Å². The molecule has 12 heavy (non-hydrogen) atoms. The lowest BCUT2D eigenvalue weighted by Gasteiger charge is -1.97. The van der Waals surface area contributed by atoms with E-state index in [1.165, 1.54) is 0 Å². The average molecular weight is 173 g/mol. The summed E-state index contributed by atoms with van der Waals surface area (Å²) >= 11 is 0. The van der Waals surface area contributed by atoms with E-state index in [0.29, 0.717) is 12.8 Å². The maximum Gasteiger partial charge on any atom is 0.352 e. The third kappa shape index (κ3) is 4.26. The molecule has 6 nitrogen and oxygen atoms in total. The minimum Gasteiger partial charge on any atom is -0.477 e. The molecule has 0 saturated carbocycles. The molecule has 0 aromatic rings. The van der Waals surface area contributed by atoms with Crippen molar-refractivity contribution in [2.75, 3.05) is 0 Å². The molecular weight excluding hydrogens is 162 g/mol. The molecule has 4 N–H and O–H groups in total. The number of nitrogens with one attached hydrogen (secondary N) is 1. The first-order valence-electron chi connectivity index (χ1n) is 3.43. The zero-order chi connectivity index (χ0) is 9.56. The lowest BCUT2D eigenvalue weighted by Crippen LogP contribution is -2.27. The predicted molar refractivity (Wildman–Crippen MR) is 42.7 cm³/mol. The molecule has 0 atom stereocenters. The highest BCUT2D eigenvalue weighted by atomic mass is 16.4. The van der Waals surface area contributed by atoms with Crippen LogP contribution in [0.3, 0.4) is 0 Å². The number of carbonyl (C=O) groups is 2. The number of carboxylic acid groups (broad SMARTS) is 1. The first-order valence-corrected chi connectivity index (χ1v) is 3.43. The van der Waals surface area contributed by atoms with Gasteiger partial charge in [0, 0.05) is 0 Å². The molecule has 0 radical (unpaired) electrons. The topological polar surface area (TPSA) is 105 Å². The van der Waals surface area contributed by atoms with Gasteiger partial charge >= 0.3 is 12.0 Å². The van der Waals surface area contributed by atoms with Crippen LogP contribution in [-0.4, -0.2) is 22.8 Å². The van der Waals surface area contributed by atoms with Gasteiger partial charge in [0.25, 0.3) is 0 Å². The second-order valence-corrected chi connectivity index (χ2v) is 2.09. The van der Waals surface area contributed by atoms with Gasteiger partial charge in [0.2, 0.25) is 0 Å². The Balaban J connectivity index is 4.18. The summed E-state index contributed by atoms with van der Waals surface area (Å²) in [7, 11) is 0. The number of aliphatic carboxylic acids is 1. The van der Waals surface area contributed by atoms with Crippen LogP contribution in [0.2, 0.25) is 0 Å². The van der Waals surface area contributed by atoms with E-state index in [1.54, 1.807) is 0 Å². The summed E-state index contributed by atoms with van der Waals surface area (Å²) in [6.07, 6.45) is 0.946. The van der Waals surface area contributed by atoms with E-state index < -0.39 is 12.0 Å². The molecule has 0 rings (SSSR count). The highest BCUT2D eigenvalue weighted by molar-refractivity contribution is 6.35. The molecule has 0 aromatic carbocycles. The number of nitrogens with zero attached hydrogens (tertiary/aromatic N) is 1. The molecule has 6 heteroatoms. The minimum absolute atomic E-state index is 0.101. The van der Waals surface area contributed by atoms with Crippen molar-refractivity contribution in [3.63, 3.8) is 0 Å². The lowest BCUT2D eigenvalue weighted by molar-refractivity contribution is -0.129. The van der Waals surface area contributed by atoms with Crippen LogP contribution in [0.1, 0.15) is 19.8 Å². The number of hydrazone groups is 1. The quantitative estimate of drug-likeness (QED) is 0.408. The van der Waals surface area contributed by atoms with Gasteiger partial charge in [-0.2, -0.15) is 5.10 Å². The van der Waals surface area contributed by atoms with Crippen molar-refractivity contribution in [2.24, 2.45) is 10.8 Å². The van der Waals surface area contributed by atoms with Gasteiger partial charge in [-0.15, -0.1) is 0 Å². The van der Waals surface area contributed by atoms with Gasteiger partial charge < -0.3 is 10.8 Å². The maximum atomic E-state index is 10.4. The molecule has 0 fully saturated rings. The Morgan fingerprint density at radius 1 is 1.58 bits per heavy atom. The number of rotatable bonds is 4. The molecule has 0 spiro atoms. The van der Waals surface area contributed by atoms with Crippen LogP contribution in [0.5, 0.6) is 0 Å². The number of amides is 2. The van der Waals surface area contributed by atoms with E-state index in [-0.39, 0.29) is 5.71 Å². The monoisotopic (exact) mass is 173 g/mol. The first kappa shape index (κ1) is 10.4. The molecule has 0 saturated heterocycles. The zero-order valence-corrected chi connectivity index (χ0v) is 6.70. The Labute approximate surface area is 69.4 Å². The zero-order valence-electron chi connectivity index (χ0n) is 6.70. The third-order valence-electron chi connectivity index (χ3n) is 1.03. The van der Waals surface area contributed by atoms with Gasteiger partial charge in [-0.3, -0.25) is 0 Å². The Kier molecular flexibility index (Phi) is 4.43. The van der Waals surface area contributed by atoms with E-state index in [4.69, 9.17) is 5.11 Å². The predicted octanol–water partition coefficient (Wildman–Crippen LogP) is -0.105. The Bertz CT molecular complexity index is 212.